The minimum Gasteiger partial charge on any atom is -0.501 e. The second-order valence-corrected chi connectivity index (χ2v) is 10.4. The van der Waals surface area contributed by atoms with Crippen LogP contribution in [0, 0.1) is 0 Å². The first-order valence-corrected chi connectivity index (χ1v) is 14.6. The van der Waals surface area contributed by atoms with Gasteiger partial charge in [-0.15, -0.1) is 0 Å². The van der Waals surface area contributed by atoms with E-state index in [1.807, 2.05) is 47.0 Å². The zero-order valence-corrected chi connectivity index (χ0v) is 21.4. The fourth-order valence-corrected chi connectivity index (χ4v) is 5.19. The number of ether oxygens (including phenoxy) is 4. The maximum Gasteiger partial charge on any atom is 0.0963 e. The van der Waals surface area contributed by atoms with Crippen molar-refractivity contribution in [1.29, 1.82) is 0 Å². The minimum absolute atomic E-state index is 0.654. The van der Waals surface area contributed by atoms with Gasteiger partial charge in [0, 0.05) is 46.0 Å². The van der Waals surface area contributed by atoms with Crippen molar-refractivity contribution in [2.75, 3.05) is 85.7 Å². The van der Waals surface area contributed by atoms with Gasteiger partial charge in [-0.05, 0) is 0 Å². The molecule has 0 heterocycles. The summed E-state index contributed by atoms with van der Waals surface area (Å²) < 4.78 is 21.4. The summed E-state index contributed by atoms with van der Waals surface area (Å²) >= 11 is 7.42. The van der Waals surface area contributed by atoms with E-state index >= 15 is 0 Å². The second kappa shape index (κ2) is 25.1. The van der Waals surface area contributed by atoms with E-state index in [0.29, 0.717) is 26.4 Å². The number of rotatable bonds is 25. The number of hydrogen-bond donors (Lipinski definition) is 0. The molecular formula is C22H38O4S4. The Labute approximate surface area is 201 Å². The van der Waals surface area contributed by atoms with Gasteiger partial charge in [-0.25, -0.2) is 0 Å². The Morgan fingerprint density at radius 3 is 1.20 bits per heavy atom. The minimum atomic E-state index is 0.654. The van der Waals surface area contributed by atoms with Crippen LogP contribution in [0.2, 0.25) is 0 Å². The summed E-state index contributed by atoms with van der Waals surface area (Å²) in [6.45, 7) is 19.5. The summed E-state index contributed by atoms with van der Waals surface area (Å²) in [6, 6.07) is 0. The van der Waals surface area contributed by atoms with Crippen molar-refractivity contribution < 1.29 is 18.9 Å². The summed E-state index contributed by atoms with van der Waals surface area (Å²) in [7, 11) is 0. The van der Waals surface area contributed by atoms with Crippen molar-refractivity contribution in [1.82, 2.24) is 0 Å². The predicted molar refractivity (Wildman–Crippen MR) is 142 cm³/mol. The molecule has 8 heteroatoms. The van der Waals surface area contributed by atoms with Gasteiger partial charge in [0.15, 0.2) is 0 Å². The molecule has 0 aromatic rings. The first-order chi connectivity index (χ1) is 14.7. The first kappa shape index (κ1) is 29.9. The summed E-state index contributed by atoms with van der Waals surface area (Å²) in [5, 5.41) is 0. The fraction of sp³-hybridized carbons (Fsp3) is 0.636. The molecule has 0 aliphatic rings. The number of thioether (sulfide) groups is 4. The molecule has 0 radical (unpaired) electrons. The van der Waals surface area contributed by atoms with Crippen molar-refractivity contribution in [2.24, 2.45) is 0 Å². The lowest BCUT2D eigenvalue weighted by Crippen LogP contribution is -2.08. The molecule has 0 aromatic heterocycles. The van der Waals surface area contributed by atoms with Crippen LogP contribution in [0.25, 0.3) is 0 Å². The molecular weight excluding hydrogens is 457 g/mol. The highest BCUT2D eigenvalue weighted by atomic mass is 32.2. The average Bonchev–Trinajstić information content (AvgIpc) is 2.74. The third-order valence-electron chi connectivity index (χ3n) is 3.27. The summed E-state index contributed by atoms with van der Waals surface area (Å²) in [5.41, 5.74) is 2.51. The Balaban J connectivity index is 3.22. The van der Waals surface area contributed by atoms with E-state index in [4.69, 9.17) is 18.9 Å². The van der Waals surface area contributed by atoms with Gasteiger partial charge in [0.25, 0.3) is 0 Å². The van der Waals surface area contributed by atoms with E-state index in [1.54, 1.807) is 0 Å². The average molecular weight is 495 g/mol. The van der Waals surface area contributed by atoms with Crippen LogP contribution in [0.4, 0.5) is 0 Å². The molecule has 0 fully saturated rings. The third-order valence-corrected chi connectivity index (χ3v) is 7.54. The molecule has 30 heavy (non-hydrogen) atoms. The van der Waals surface area contributed by atoms with E-state index in [0.717, 1.165) is 59.2 Å². The van der Waals surface area contributed by atoms with Crippen molar-refractivity contribution in [3.05, 3.63) is 50.0 Å². The Morgan fingerprint density at radius 1 is 0.533 bits per heavy atom. The molecule has 0 rings (SSSR count). The van der Waals surface area contributed by atoms with Gasteiger partial charge >= 0.3 is 0 Å². The fourth-order valence-electron chi connectivity index (χ4n) is 1.89. The quantitative estimate of drug-likeness (QED) is 0.0950. The largest absolute Gasteiger partial charge is 0.501 e. The lowest BCUT2D eigenvalue weighted by Gasteiger charge is -2.08. The smallest absolute Gasteiger partial charge is 0.0963 e. The molecule has 0 saturated heterocycles. The van der Waals surface area contributed by atoms with E-state index in [1.165, 1.54) is 23.7 Å². The predicted octanol–water partition coefficient (Wildman–Crippen LogP) is 5.39. The number of hydrogen-bond acceptors (Lipinski definition) is 8. The Morgan fingerprint density at radius 2 is 0.867 bits per heavy atom. The van der Waals surface area contributed by atoms with E-state index in [2.05, 4.69) is 26.3 Å². The normalized spacial score (nSPS) is 10.5. The zero-order chi connectivity index (χ0) is 22.1. The van der Waals surface area contributed by atoms with E-state index in [-0.39, 0.29) is 0 Å². The van der Waals surface area contributed by atoms with Crippen molar-refractivity contribution in [3.8, 4) is 0 Å². The summed E-state index contributed by atoms with van der Waals surface area (Å²) in [4.78, 5) is 0. The van der Waals surface area contributed by atoms with Gasteiger partial charge in [0.2, 0.25) is 0 Å². The van der Waals surface area contributed by atoms with Crippen LogP contribution >= 0.6 is 47.0 Å². The highest BCUT2D eigenvalue weighted by Gasteiger charge is 1.99. The van der Waals surface area contributed by atoms with Gasteiger partial charge in [-0.2, -0.15) is 47.0 Å². The third kappa shape index (κ3) is 24.2. The lowest BCUT2D eigenvalue weighted by molar-refractivity contribution is 0.0605. The van der Waals surface area contributed by atoms with Gasteiger partial charge in [0.1, 0.15) is 0 Å². The molecule has 0 atom stereocenters. The molecule has 174 valence electrons. The monoisotopic (exact) mass is 494 g/mol. The van der Waals surface area contributed by atoms with Crippen LogP contribution in [0.3, 0.4) is 0 Å². The van der Waals surface area contributed by atoms with Gasteiger partial charge in [0.05, 0.1) is 52.2 Å². The van der Waals surface area contributed by atoms with E-state index in [9.17, 15) is 0 Å². The maximum atomic E-state index is 5.61. The molecule has 0 aliphatic carbocycles. The van der Waals surface area contributed by atoms with Gasteiger partial charge in [-0.3, -0.25) is 0 Å². The summed E-state index contributed by atoms with van der Waals surface area (Å²) in [5.74, 6) is 7.85. The van der Waals surface area contributed by atoms with Crippen molar-refractivity contribution in [2.45, 2.75) is 0 Å². The van der Waals surface area contributed by atoms with Crippen molar-refractivity contribution >= 4 is 47.0 Å². The molecule has 0 spiro atoms. The van der Waals surface area contributed by atoms with Crippen LogP contribution in [0.5, 0.6) is 0 Å². The van der Waals surface area contributed by atoms with Crippen molar-refractivity contribution in [3.63, 3.8) is 0 Å². The Kier molecular flexibility index (Phi) is 25.0. The topological polar surface area (TPSA) is 36.9 Å². The van der Waals surface area contributed by atoms with Crippen LogP contribution < -0.4 is 0 Å². The van der Waals surface area contributed by atoms with Crippen LogP contribution in [-0.4, -0.2) is 85.7 Å². The molecule has 4 nitrogen and oxygen atoms in total. The van der Waals surface area contributed by atoms with Crippen LogP contribution in [0.1, 0.15) is 0 Å². The zero-order valence-electron chi connectivity index (χ0n) is 18.1. The molecule has 0 saturated carbocycles. The second-order valence-electron chi connectivity index (χ2n) is 6.01. The Hall–Kier alpha value is -0.120. The van der Waals surface area contributed by atoms with E-state index < -0.39 is 0 Å². The van der Waals surface area contributed by atoms with Gasteiger partial charge < -0.3 is 18.9 Å². The molecule has 0 N–H and O–H groups in total. The lowest BCUT2D eigenvalue weighted by atomic mass is 10.4. The Bertz CT molecular complexity index is 407. The highest BCUT2D eigenvalue weighted by molar-refractivity contribution is 8.00. The van der Waals surface area contributed by atoms with Crippen LogP contribution in [-0.2, 0) is 18.9 Å². The van der Waals surface area contributed by atoms with Crippen LogP contribution in [0.15, 0.2) is 50.0 Å². The maximum absolute atomic E-state index is 5.61. The molecule has 0 aromatic carbocycles. The molecule has 0 amide bonds. The molecule has 0 bridgehead atoms. The summed E-state index contributed by atoms with van der Waals surface area (Å²) in [6.07, 6.45) is 2.97. The first-order valence-electron chi connectivity index (χ1n) is 9.95. The highest BCUT2D eigenvalue weighted by Crippen LogP contribution is 2.13. The molecule has 0 unspecified atom stereocenters. The standard InChI is InChI=1S/C22H38O4S4/c1-5-23-9-13-27-17-21(3)19-29-15-11-25-7-8-26-12-16-30-20-22(4)18-28-14-10-24-6-2/h5-6H,1-4,7-20H2. The molecule has 0 aliphatic heterocycles. The van der Waals surface area contributed by atoms with Gasteiger partial charge in [-0.1, -0.05) is 37.5 Å². The SMILES string of the molecule is C=COCCSCC(=C)CSCCOCCOCCSCC(=C)CSCCOC=C.